The third-order valence-corrected chi connectivity index (χ3v) is 5.61. The van der Waals surface area contributed by atoms with E-state index < -0.39 is 0 Å². The molecule has 1 saturated heterocycles. The van der Waals surface area contributed by atoms with Crippen LogP contribution in [0, 0.1) is 0 Å². The second-order valence-corrected chi connectivity index (χ2v) is 7.64. The summed E-state index contributed by atoms with van der Waals surface area (Å²) in [7, 11) is 0. The molecule has 2 heterocycles. The lowest BCUT2D eigenvalue weighted by Gasteiger charge is -2.35. The van der Waals surface area contributed by atoms with Crippen LogP contribution in [-0.4, -0.2) is 46.6 Å². The summed E-state index contributed by atoms with van der Waals surface area (Å²) in [5.41, 5.74) is 3.40. The maximum Gasteiger partial charge on any atom is 0.223 e. The van der Waals surface area contributed by atoms with E-state index in [2.05, 4.69) is 58.5 Å². The fourth-order valence-electron chi connectivity index (χ4n) is 4.04. The van der Waals surface area contributed by atoms with Gasteiger partial charge in [0.1, 0.15) is 0 Å². The van der Waals surface area contributed by atoms with Gasteiger partial charge in [0, 0.05) is 44.0 Å². The van der Waals surface area contributed by atoms with Crippen LogP contribution >= 0.6 is 0 Å². The summed E-state index contributed by atoms with van der Waals surface area (Å²) in [6, 6.07) is 21.1. The van der Waals surface area contributed by atoms with Gasteiger partial charge in [0.05, 0.1) is 18.4 Å². The molecule has 3 aromatic rings. The average Bonchev–Trinajstić information content (AvgIpc) is 2.83. The topological polar surface area (TPSA) is 55.3 Å². The number of aromatic nitrogens is 2. The Morgan fingerprint density at radius 3 is 2.37 bits per heavy atom. The molecule has 2 aromatic carbocycles. The highest BCUT2D eigenvalue weighted by Gasteiger charge is 2.27. The first-order valence-corrected chi connectivity index (χ1v) is 10.5. The minimum atomic E-state index is 0.0182. The zero-order valence-corrected chi connectivity index (χ0v) is 17.1. The zero-order chi connectivity index (χ0) is 20.6. The van der Waals surface area contributed by atoms with Gasteiger partial charge < -0.3 is 9.64 Å². The molecule has 154 valence electrons. The van der Waals surface area contributed by atoms with Crippen molar-refractivity contribution in [3.05, 3.63) is 96.1 Å². The standard InChI is InChI=1S/C25H27N3O2/c29-25(12-11-22-18-26-13-14-27-22)28-15-16-30-23(19-28)17-24(20-7-3-1-4-8-20)21-9-5-2-6-10-21/h1-10,13-14,18,23-24H,11-12,15-17,19H2. The molecule has 5 heteroatoms. The van der Waals surface area contributed by atoms with Crippen molar-refractivity contribution in [2.24, 2.45) is 0 Å². The van der Waals surface area contributed by atoms with Crippen LogP contribution in [0.25, 0.3) is 0 Å². The Morgan fingerprint density at radius 1 is 1.03 bits per heavy atom. The molecule has 1 aliphatic rings. The molecule has 0 bridgehead atoms. The van der Waals surface area contributed by atoms with Crippen molar-refractivity contribution in [3.8, 4) is 0 Å². The van der Waals surface area contributed by atoms with E-state index in [9.17, 15) is 4.79 Å². The van der Waals surface area contributed by atoms with Crippen molar-refractivity contribution in [3.63, 3.8) is 0 Å². The van der Waals surface area contributed by atoms with Crippen molar-refractivity contribution in [2.45, 2.75) is 31.3 Å². The molecule has 0 aliphatic carbocycles. The highest BCUT2D eigenvalue weighted by molar-refractivity contribution is 5.76. The van der Waals surface area contributed by atoms with E-state index in [1.807, 2.05) is 17.0 Å². The van der Waals surface area contributed by atoms with Gasteiger partial charge in [-0.1, -0.05) is 60.7 Å². The summed E-state index contributed by atoms with van der Waals surface area (Å²) >= 11 is 0. The fourth-order valence-corrected chi connectivity index (χ4v) is 4.04. The van der Waals surface area contributed by atoms with Gasteiger partial charge in [-0.15, -0.1) is 0 Å². The van der Waals surface area contributed by atoms with Crippen molar-refractivity contribution >= 4 is 5.91 Å². The molecule has 1 fully saturated rings. The second-order valence-electron chi connectivity index (χ2n) is 7.64. The molecule has 1 amide bonds. The van der Waals surface area contributed by atoms with E-state index in [4.69, 9.17) is 4.74 Å². The molecule has 5 nitrogen and oxygen atoms in total. The van der Waals surface area contributed by atoms with Crippen molar-refractivity contribution in [1.82, 2.24) is 14.9 Å². The summed E-state index contributed by atoms with van der Waals surface area (Å²) in [5, 5.41) is 0. The van der Waals surface area contributed by atoms with Crippen LogP contribution in [0.2, 0.25) is 0 Å². The molecule has 1 aromatic heterocycles. The third kappa shape index (κ3) is 5.30. The van der Waals surface area contributed by atoms with E-state index in [0.29, 0.717) is 32.5 Å². The Kier molecular flexibility index (Phi) is 6.83. The monoisotopic (exact) mass is 401 g/mol. The minimum Gasteiger partial charge on any atom is -0.375 e. The first kappa shape index (κ1) is 20.2. The van der Waals surface area contributed by atoms with Crippen LogP contribution < -0.4 is 0 Å². The van der Waals surface area contributed by atoms with Crippen LogP contribution in [0.5, 0.6) is 0 Å². The highest BCUT2D eigenvalue weighted by Crippen LogP contribution is 2.31. The number of hydrogen-bond donors (Lipinski definition) is 0. The molecule has 0 saturated carbocycles. The zero-order valence-electron chi connectivity index (χ0n) is 17.1. The van der Waals surface area contributed by atoms with Crippen LogP contribution in [0.1, 0.15) is 35.6 Å². The Bertz CT molecular complexity index is 879. The number of morpholine rings is 1. The van der Waals surface area contributed by atoms with Gasteiger partial charge in [0.15, 0.2) is 0 Å². The van der Waals surface area contributed by atoms with Gasteiger partial charge in [0.25, 0.3) is 0 Å². The number of amides is 1. The molecule has 1 aliphatic heterocycles. The first-order chi connectivity index (χ1) is 14.8. The summed E-state index contributed by atoms with van der Waals surface area (Å²) in [6.07, 6.45) is 6.97. The quantitative estimate of drug-likeness (QED) is 0.603. The van der Waals surface area contributed by atoms with Gasteiger partial charge in [-0.25, -0.2) is 0 Å². The van der Waals surface area contributed by atoms with Crippen LogP contribution in [0.15, 0.2) is 79.3 Å². The van der Waals surface area contributed by atoms with Crippen molar-refractivity contribution in [1.29, 1.82) is 0 Å². The predicted molar refractivity (Wildman–Crippen MR) is 116 cm³/mol. The fraction of sp³-hybridized carbons (Fsp3) is 0.320. The number of nitrogens with zero attached hydrogens (tertiary/aromatic N) is 3. The van der Waals surface area contributed by atoms with E-state index in [1.165, 1.54) is 11.1 Å². The predicted octanol–water partition coefficient (Wildman–Crippen LogP) is 3.86. The summed E-state index contributed by atoms with van der Waals surface area (Å²) < 4.78 is 6.08. The lowest BCUT2D eigenvalue weighted by molar-refractivity contribution is -0.139. The van der Waals surface area contributed by atoms with Crippen LogP contribution in [0.4, 0.5) is 0 Å². The van der Waals surface area contributed by atoms with Gasteiger partial charge in [-0.3, -0.25) is 14.8 Å². The number of benzene rings is 2. The maximum atomic E-state index is 12.8. The summed E-state index contributed by atoms with van der Waals surface area (Å²) in [6.45, 7) is 1.87. The highest BCUT2D eigenvalue weighted by atomic mass is 16.5. The van der Waals surface area contributed by atoms with Gasteiger partial charge in [-0.2, -0.15) is 0 Å². The van der Waals surface area contributed by atoms with Gasteiger partial charge in [0.2, 0.25) is 5.91 Å². The van der Waals surface area contributed by atoms with E-state index in [-0.39, 0.29) is 17.9 Å². The Morgan fingerprint density at radius 2 is 1.73 bits per heavy atom. The first-order valence-electron chi connectivity index (χ1n) is 10.5. The number of hydrogen-bond acceptors (Lipinski definition) is 4. The largest absolute Gasteiger partial charge is 0.375 e. The van der Waals surface area contributed by atoms with E-state index >= 15 is 0 Å². The molecule has 0 radical (unpaired) electrons. The second kappa shape index (κ2) is 10.1. The van der Waals surface area contributed by atoms with Crippen molar-refractivity contribution < 1.29 is 9.53 Å². The molecular formula is C25H27N3O2. The number of aryl methyl sites for hydroxylation is 1. The smallest absolute Gasteiger partial charge is 0.223 e. The molecule has 0 spiro atoms. The Hall–Kier alpha value is -3.05. The van der Waals surface area contributed by atoms with E-state index in [1.54, 1.807) is 18.6 Å². The lowest BCUT2D eigenvalue weighted by atomic mass is 9.86. The number of carbonyl (C=O) groups excluding carboxylic acids is 1. The molecule has 1 unspecified atom stereocenters. The molecule has 4 rings (SSSR count). The van der Waals surface area contributed by atoms with Gasteiger partial charge in [-0.05, 0) is 24.0 Å². The summed E-state index contributed by atoms with van der Waals surface area (Å²) in [5.74, 6) is 0.400. The Balaban J connectivity index is 1.41. The van der Waals surface area contributed by atoms with Crippen molar-refractivity contribution in [2.75, 3.05) is 19.7 Å². The number of rotatable bonds is 7. The molecule has 30 heavy (non-hydrogen) atoms. The minimum absolute atomic E-state index is 0.0182. The summed E-state index contributed by atoms with van der Waals surface area (Å²) in [4.78, 5) is 23.0. The molecule has 1 atom stereocenters. The van der Waals surface area contributed by atoms with E-state index in [0.717, 1.165) is 12.1 Å². The molecular weight excluding hydrogens is 374 g/mol. The van der Waals surface area contributed by atoms with Crippen LogP contribution in [0.3, 0.4) is 0 Å². The lowest BCUT2D eigenvalue weighted by Crippen LogP contribution is -2.46. The normalized spacial score (nSPS) is 16.6. The average molecular weight is 402 g/mol. The number of ether oxygens (including phenoxy) is 1. The molecule has 0 N–H and O–H groups in total. The third-order valence-electron chi connectivity index (χ3n) is 5.61. The maximum absolute atomic E-state index is 12.8. The number of carbonyl (C=O) groups is 1. The SMILES string of the molecule is O=C(CCc1cnccn1)N1CCOC(CC(c2ccccc2)c2ccccc2)C1. The van der Waals surface area contributed by atoms with Gasteiger partial charge >= 0.3 is 0 Å². The van der Waals surface area contributed by atoms with Crippen LogP contribution in [-0.2, 0) is 16.0 Å². The Labute approximate surface area is 177 Å².